The molecule has 1 saturated heterocycles. The van der Waals surface area contributed by atoms with Crippen molar-refractivity contribution >= 4 is 11.6 Å². The Kier molecular flexibility index (Phi) is 3.20. The molecule has 78 valence electrons. The van der Waals surface area contributed by atoms with E-state index in [0.29, 0.717) is 16.6 Å². The molecule has 0 aliphatic carbocycles. The smallest absolute Gasteiger partial charge is 0.146 e. The Hall–Kier alpha value is -1.11. The van der Waals surface area contributed by atoms with Crippen LogP contribution < -0.4 is 5.32 Å². The molecule has 0 amide bonds. The van der Waals surface area contributed by atoms with Crippen LogP contribution in [0.3, 0.4) is 0 Å². The molecule has 1 aromatic rings. The lowest BCUT2D eigenvalue weighted by molar-refractivity contribution is 0.461. The molecule has 1 aliphatic heterocycles. The van der Waals surface area contributed by atoms with Gasteiger partial charge in [0.2, 0.25) is 0 Å². The van der Waals surface area contributed by atoms with Crippen molar-refractivity contribution in [2.24, 2.45) is 0 Å². The SMILES string of the molecule is N#Cc1cc(C2CCCNC2)cnc1Cl. The molecule has 1 N–H and O–H groups in total. The highest BCUT2D eigenvalue weighted by atomic mass is 35.5. The van der Waals surface area contributed by atoms with Gasteiger partial charge in [-0.05, 0) is 36.9 Å². The zero-order valence-corrected chi connectivity index (χ0v) is 9.09. The molecule has 2 heterocycles. The highest BCUT2D eigenvalue weighted by Gasteiger charge is 2.16. The molecule has 0 spiro atoms. The second-order valence-electron chi connectivity index (χ2n) is 3.76. The number of aromatic nitrogens is 1. The van der Waals surface area contributed by atoms with Crippen LogP contribution in [-0.4, -0.2) is 18.1 Å². The van der Waals surface area contributed by atoms with E-state index < -0.39 is 0 Å². The first-order valence-electron chi connectivity index (χ1n) is 5.07. The fourth-order valence-electron chi connectivity index (χ4n) is 1.90. The number of rotatable bonds is 1. The summed E-state index contributed by atoms with van der Waals surface area (Å²) in [6.45, 7) is 2.05. The van der Waals surface area contributed by atoms with E-state index in [0.717, 1.165) is 25.1 Å². The molecular weight excluding hydrogens is 210 g/mol. The molecule has 2 rings (SSSR count). The predicted octanol–water partition coefficient (Wildman–Crippen LogP) is 2.07. The summed E-state index contributed by atoms with van der Waals surface area (Å²) >= 11 is 5.79. The van der Waals surface area contributed by atoms with Gasteiger partial charge in [0.25, 0.3) is 0 Å². The van der Waals surface area contributed by atoms with Crippen LogP contribution in [0.15, 0.2) is 12.3 Å². The second-order valence-corrected chi connectivity index (χ2v) is 4.12. The first kappa shape index (κ1) is 10.4. The van der Waals surface area contributed by atoms with Crippen LogP contribution in [0.4, 0.5) is 0 Å². The van der Waals surface area contributed by atoms with E-state index in [-0.39, 0.29) is 0 Å². The Morgan fingerprint density at radius 3 is 3.13 bits per heavy atom. The minimum Gasteiger partial charge on any atom is -0.316 e. The van der Waals surface area contributed by atoms with E-state index in [9.17, 15) is 0 Å². The zero-order chi connectivity index (χ0) is 10.7. The Morgan fingerprint density at radius 1 is 1.60 bits per heavy atom. The largest absolute Gasteiger partial charge is 0.316 e. The maximum Gasteiger partial charge on any atom is 0.146 e. The van der Waals surface area contributed by atoms with Crippen LogP contribution in [0.2, 0.25) is 5.15 Å². The van der Waals surface area contributed by atoms with Gasteiger partial charge in [-0.1, -0.05) is 11.6 Å². The van der Waals surface area contributed by atoms with Gasteiger partial charge in [-0.2, -0.15) is 5.26 Å². The average Bonchev–Trinajstić information content (AvgIpc) is 2.31. The van der Waals surface area contributed by atoms with E-state index >= 15 is 0 Å². The van der Waals surface area contributed by atoms with E-state index in [1.54, 1.807) is 6.20 Å². The van der Waals surface area contributed by atoms with Crippen LogP contribution >= 0.6 is 11.6 Å². The molecule has 0 radical (unpaired) electrons. The number of nitrogens with one attached hydrogen (secondary N) is 1. The van der Waals surface area contributed by atoms with Crippen LogP contribution in [0.25, 0.3) is 0 Å². The van der Waals surface area contributed by atoms with Gasteiger partial charge in [0.05, 0.1) is 5.56 Å². The minimum atomic E-state index is 0.296. The third-order valence-electron chi connectivity index (χ3n) is 2.75. The maximum atomic E-state index is 8.85. The molecular formula is C11H12ClN3. The predicted molar refractivity (Wildman–Crippen MR) is 58.8 cm³/mol. The molecule has 0 bridgehead atoms. The van der Waals surface area contributed by atoms with E-state index in [1.807, 2.05) is 6.07 Å². The highest BCUT2D eigenvalue weighted by molar-refractivity contribution is 6.30. The Morgan fingerprint density at radius 2 is 2.47 bits per heavy atom. The van der Waals surface area contributed by atoms with Crippen LogP contribution in [0, 0.1) is 11.3 Å². The molecule has 1 aromatic heterocycles. The molecule has 0 aromatic carbocycles. The number of hydrogen-bond donors (Lipinski definition) is 1. The highest BCUT2D eigenvalue weighted by Crippen LogP contribution is 2.25. The van der Waals surface area contributed by atoms with E-state index in [2.05, 4.69) is 16.4 Å². The van der Waals surface area contributed by atoms with Crippen molar-refractivity contribution in [3.63, 3.8) is 0 Å². The second kappa shape index (κ2) is 4.61. The number of piperidine rings is 1. The van der Waals surface area contributed by atoms with E-state index in [1.165, 1.54) is 6.42 Å². The van der Waals surface area contributed by atoms with Gasteiger partial charge in [-0.25, -0.2) is 4.98 Å². The summed E-state index contributed by atoms with van der Waals surface area (Å²) in [5.74, 6) is 0.468. The first-order valence-corrected chi connectivity index (χ1v) is 5.45. The van der Waals surface area contributed by atoms with Gasteiger partial charge < -0.3 is 5.32 Å². The Bertz CT molecular complexity index is 391. The zero-order valence-electron chi connectivity index (χ0n) is 8.33. The summed E-state index contributed by atoms with van der Waals surface area (Å²) in [4.78, 5) is 4.04. The summed E-state index contributed by atoms with van der Waals surface area (Å²) in [7, 11) is 0. The van der Waals surface area contributed by atoms with Crippen LogP contribution in [0.1, 0.15) is 29.9 Å². The number of pyridine rings is 1. The van der Waals surface area contributed by atoms with Gasteiger partial charge in [0, 0.05) is 12.7 Å². The molecule has 15 heavy (non-hydrogen) atoms. The number of nitrogens with zero attached hydrogens (tertiary/aromatic N) is 2. The molecule has 0 saturated carbocycles. The standard InChI is InChI=1S/C11H12ClN3/c12-11-9(5-13)4-10(7-15-11)8-2-1-3-14-6-8/h4,7-8,14H,1-3,6H2. The van der Waals surface area contributed by atoms with Crippen molar-refractivity contribution in [3.05, 3.63) is 28.5 Å². The van der Waals surface area contributed by atoms with Gasteiger partial charge in [0.15, 0.2) is 0 Å². The van der Waals surface area contributed by atoms with Gasteiger partial charge in [0.1, 0.15) is 11.2 Å². The molecule has 1 fully saturated rings. The van der Waals surface area contributed by atoms with Crippen molar-refractivity contribution in [2.45, 2.75) is 18.8 Å². The van der Waals surface area contributed by atoms with Crippen LogP contribution in [0.5, 0.6) is 0 Å². The van der Waals surface area contributed by atoms with Gasteiger partial charge in [-0.3, -0.25) is 0 Å². The van der Waals surface area contributed by atoms with Crippen molar-refractivity contribution in [1.82, 2.24) is 10.3 Å². The van der Waals surface area contributed by atoms with Crippen molar-refractivity contribution in [2.75, 3.05) is 13.1 Å². The lowest BCUT2D eigenvalue weighted by atomic mass is 9.92. The summed E-state index contributed by atoms with van der Waals surface area (Å²) < 4.78 is 0. The third-order valence-corrected chi connectivity index (χ3v) is 3.05. The molecule has 1 unspecified atom stereocenters. The molecule has 1 atom stereocenters. The molecule has 1 aliphatic rings. The van der Waals surface area contributed by atoms with Gasteiger partial charge >= 0.3 is 0 Å². The van der Waals surface area contributed by atoms with Crippen molar-refractivity contribution < 1.29 is 0 Å². The Labute approximate surface area is 94.1 Å². The van der Waals surface area contributed by atoms with E-state index in [4.69, 9.17) is 16.9 Å². The third kappa shape index (κ3) is 2.28. The fraction of sp³-hybridized carbons (Fsp3) is 0.455. The average molecular weight is 222 g/mol. The minimum absolute atomic E-state index is 0.296. The summed E-state index contributed by atoms with van der Waals surface area (Å²) in [5, 5.41) is 12.5. The fourth-order valence-corrected chi connectivity index (χ4v) is 2.05. The summed E-state index contributed by atoms with van der Waals surface area (Å²) in [6, 6.07) is 3.91. The first-order chi connectivity index (χ1) is 7.31. The lowest BCUT2D eigenvalue weighted by Gasteiger charge is -2.22. The summed E-state index contributed by atoms with van der Waals surface area (Å²) in [5.41, 5.74) is 1.59. The van der Waals surface area contributed by atoms with Gasteiger partial charge in [-0.15, -0.1) is 0 Å². The number of halogens is 1. The lowest BCUT2D eigenvalue weighted by Crippen LogP contribution is -2.28. The molecule has 4 heteroatoms. The monoisotopic (exact) mass is 221 g/mol. The normalized spacial score (nSPS) is 20.9. The summed E-state index contributed by atoms with van der Waals surface area (Å²) in [6.07, 6.45) is 4.11. The van der Waals surface area contributed by atoms with Crippen molar-refractivity contribution in [1.29, 1.82) is 5.26 Å². The number of hydrogen-bond acceptors (Lipinski definition) is 3. The van der Waals surface area contributed by atoms with Crippen LogP contribution in [-0.2, 0) is 0 Å². The maximum absolute atomic E-state index is 8.85. The Balaban J connectivity index is 2.25. The quantitative estimate of drug-likeness (QED) is 0.739. The number of nitriles is 1. The molecule has 3 nitrogen and oxygen atoms in total. The topological polar surface area (TPSA) is 48.7 Å². The van der Waals surface area contributed by atoms with Crippen molar-refractivity contribution in [3.8, 4) is 6.07 Å².